The maximum Gasteiger partial charge on any atom is 0.315 e. The molecule has 0 radical (unpaired) electrons. The number of carbonyl (C=O) groups is 1. The van der Waals surface area contributed by atoms with Gasteiger partial charge in [-0.2, -0.15) is 0 Å². The highest BCUT2D eigenvalue weighted by Crippen LogP contribution is 2.20. The second-order valence-electron chi connectivity index (χ2n) is 6.05. The molecule has 0 aromatic carbocycles. The zero-order chi connectivity index (χ0) is 17.1. The molecule has 3 rings (SSSR count). The topological polar surface area (TPSA) is 71.3 Å². The van der Waals surface area contributed by atoms with E-state index in [0.717, 1.165) is 16.3 Å². The fourth-order valence-corrected chi connectivity index (χ4v) is 3.37. The Morgan fingerprint density at radius 3 is 2.79 bits per heavy atom. The molecule has 0 aliphatic carbocycles. The fraction of sp³-hybridized carbons (Fsp3) is 0.353. The average molecular weight is 343 g/mol. The summed E-state index contributed by atoms with van der Waals surface area (Å²) in [5.41, 5.74) is 0.773. The van der Waals surface area contributed by atoms with Crippen molar-refractivity contribution in [3.8, 4) is 0 Å². The summed E-state index contributed by atoms with van der Waals surface area (Å²) in [5.74, 6) is 0.926. The molecule has 0 bridgehead atoms. The minimum Gasteiger partial charge on any atom is -0.333 e. The lowest BCUT2D eigenvalue weighted by molar-refractivity contribution is 0.231. The minimum absolute atomic E-state index is 0.187. The van der Waals surface area contributed by atoms with E-state index in [2.05, 4.69) is 47.7 Å². The number of rotatable bonds is 5. The van der Waals surface area contributed by atoms with E-state index < -0.39 is 0 Å². The SMILES string of the molecule is Cc1ccc(CNC(=O)N[C@H](c2nnc3ccccn23)C(C)C)s1. The number of hydrogen-bond donors (Lipinski definition) is 2. The third-order valence-corrected chi connectivity index (χ3v) is 4.79. The van der Waals surface area contributed by atoms with Gasteiger partial charge in [-0.05, 0) is 37.1 Å². The monoisotopic (exact) mass is 343 g/mol. The molecule has 7 heteroatoms. The lowest BCUT2D eigenvalue weighted by atomic mass is 10.0. The summed E-state index contributed by atoms with van der Waals surface area (Å²) in [6, 6.07) is 9.41. The number of thiophene rings is 1. The predicted octanol–water partition coefficient (Wildman–Crippen LogP) is 3.30. The summed E-state index contributed by atoms with van der Waals surface area (Å²) in [4.78, 5) is 14.7. The number of nitrogens with one attached hydrogen (secondary N) is 2. The lowest BCUT2D eigenvalue weighted by Crippen LogP contribution is -2.40. The van der Waals surface area contributed by atoms with E-state index in [1.165, 1.54) is 4.88 Å². The van der Waals surface area contributed by atoms with E-state index in [9.17, 15) is 4.79 Å². The van der Waals surface area contributed by atoms with Gasteiger partial charge in [0.2, 0.25) is 0 Å². The van der Waals surface area contributed by atoms with E-state index in [1.54, 1.807) is 11.3 Å². The average Bonchev–Trinajstić information content (AvgIpc) is 3.16. The standard InChI is InChI=1S/C17H21N5OS/c1-11(2)15(16-21-20-14-6-4-5-9-22(14)16)19-17(23)18-10-13-8-7-12(3)24-13/h4-9,11,15H,10H2,1-3H3,(H2,18,19,23)/t15-/m0/s1. The Kier molecular flexibility index (Phi) is 4.80. The Morgan fingerprint density at radius 2 is 2.08 bits per heavy atom. The first-order valence-corrected chi connectivity index (χ1v) is 8.75. The number of aryl methyl sites for hydroxylation is 1. The molecule has 24 heavy (non-hydrogen) atoms. The second kappa shape index (κ2) is 7.00. The molecule has 3 aromatic heterocycles. The van der Waals surface area contributed by atoms with Crippen molar-refractivity contribution in [2.24, 2.45) is 5.92 Å². The molecule has 0 saturated heterocycles. The number of aromatic nitrogens is 3. The zero-order valence-corrected chi connectivity index (χ0v) is 14.8. The van der Waals surface area contributed by atoms with Crippen LogP contribution in [0.4, 0.5) is 4.79 Å². The summed E-state index contributed by atoms with van der Waals surface area (Å²) in [7, 11) is 0. The summed E-state index contributed by atoms with van der Waals surface area (Å²) >= 11 is 1.69. The van der Waals surface area contributed by atoms with Gasteiger partial charge in [0.25, 0.3) is 0 Å². The van der Waals surface area contributed by atoms with Crippen molar-refractivity contribution in [2.45, 2.75) is 33.4 Å². The molecule has 0 fully saturated rings. The van der Waals surface area contributed by atoms with E-state index in [4.69, 9.17) is 0 Å². The van der Waals surface area contributed by atoms with Gasteiger partial charge in [0.1, 0.15) is 0 Å². The Bertz CT molecular complexity index is 838. The van der Waals surface area contributed by atoms with Crippen LogP contribution in [-0.4, -0.2) is 20.6 Å². The van der Waals surface area contributed by atoms with Gasteiger partial charge in [0, 0.05) is 16.0 Å². The number of amides is 2. The van der Waals surface area contributed by atoms with Crippen molar-refractivity contribution in [3.63, 3.8) is 0 Å². The second-order valence-corrected chi connectivity index (χ2v) is 7.42. The largest absolute Gasteiger partial charge is 0.333 e. The number of carbonyl (C=O) groups excluding carboxylic acids is 1. The first-order valence-electron chi connectivity index (χ1n) is 7.94. The highest BCUT2D eigenvalue weighted by atomic mass is 32.1. The lowest BCUT2D eigenvalue weighted by Gasteiger charge is -2.21. The zero-order valence-electron chi connectivity index (χ0n) is 14.0. The Morgan fingerprint density at radius 1 is 1.25 bits per heavy atom. The molecule has 0 aliphatic heterocycles. The van der Waals surface area contributed by atoms with Gasteiger partial charge < -0.3 is 10.6 Å². The Labute approximate surface area is 144 Å². The Hall–Kier alpha value is -2.41. The van der Waals surface area contributed by atoms with Crippen LogP contribution in [0.5, 0.6) is 0 Å². The number of pyridine rings is 1. The van der Waals surface area contributed by atoms with Crippen LogP contribution in [0, 0.1) is 12.8 Å². The first-order chi connectivity index (χ1) is 11.5. The van der Waals surface area contributed by atoms with Crippen molar-refractivity contribution in [3.05, 3.63) is 52.1 Å². The molecule has 0 saturated carbocycles. The van der Waals surface area contributed by atoms with Crippen LogP contribution in [0.25, 0.3) is 5.65 Å². The number of urea groups is 1. The van der Waals surface area contributed by atoms with Gasteiger partial charge in [0.05, 0.1) is 12.6 Å². The molecule has 2 N–H and O–H groups in total. The molecule has 2 amide bonds. The van der Waals surface area contributed by atoms with Gasteiger partial charge in [0.15, 0.2) is 11.5 Å². The summed E-state index contributed by atoms with van der Waals surface area (Å²) < 4.78 is 1.91. The molecule has 6 nitrogen and oxygen atoms in total. The molecular weight excluding hydrogens is 322 g/mol. The molecule has 1 atom stereocenters. The number of nitrogens with zero attached hydrogens (tertiary/aromatic N) is 3. The van der Waals surface area contributed by atoms with Crippen LogP contribution >= 0.6 is 11.3 Å². The maximum absolute atomic E-state index is 12.3. The quantitative estimate of drug-likeness (QED) is 0.747. The van der Waals surface area contributed by atoms with E-state index in [1.807, 2.05) is 34.9 Å². The van der Waals surface area contributed by atoms with Crippen LogP contribution < -0.4 is 10.6 Å². The molecule has 0 unspecified atom stereocenters. The van der Waals surface area contributed by atoms with E-state index >= 15 is 0 Å². The number of hydrogen-bond acceptors (Lipinski definition) is 4. The van der Waals surface area contributed by atoms with Gasteiger partial charge in [-0.3, -0.25) is 4.40 Å². The third kappa shape index (κ3) is 3.56. The van der Waals surface area contributed by atoms with Crippen molar-refractivity contribution in [1.82, 2.24) is 25.2 Å². The van der Waals surface area contributed by atoms with E-state index in [-0.39, 0.29) is 18.0 Å². The van der Waals surface area contributed by atoms with Gasteiger partial charge >= 0.3 is 6.03 Å². The minimum atomic E-state index is -0.215. The van der Waals surface area contributed by atoms with Crippen LogP contribution in [0.15, 0.2) is 36.5 Å². The molecule has 3 aromatic rings. The Balaban J connectivity index is 1.71. The summed E-state index contributed by atoms with van der Waals surface area (Å²) in [6.45, 7) is 6.68. The van der Waals surface area contributed by atoms with Crippen LogP contribution in [-0.2, 0) is 6.54 Å². The normalized spacial score (nSPS) is 12.5. The molecule has 3 heterocycles. The van der Waals surface area contributed by atoms with Crippen molar-refractivity contribution in [1.29, 1.82) is 0 Å². The smallest absolute Gasteiger partial charge is 0.315 e. The van der Waals surface area contributed by atoms with Crippen LogP contribution in [0.1, 0.15) is 35.5 Å². The van der Waals surface area contributed by atoms with Gasteiger partial charge in [-0.15, -0.1) is 21.5 Å². The summed E-state index contributed by atoms with van der Waals surface area (Å²) in [6.07, 6.45) is 1.91. The van der Waals surface area contributed by atoms with Crippen molar-refractivity contribution < 1.29 is 4.79 Å². The molecule has 0 aliphatic rings. The highest BCUT2D eigenvalue weighted by molar-refractivity contribution is 7.11. The maximum atomic E-state index is 12.3. The van der Waals surface area contributed by atoms with Crippen LogP contribution in [0.2, 0.25) is 0 Å². The highest BCUT2D eigenvalue weighted by Gasteiger charge is 2.23. The fourth-order valence-electron chi connectivity index (χ4n) is 2.54. The van der Waals surface area contributed by atoms with Gasteiger partial charge in [-0.25, -0.2) is 4.79 Å². The molecule has 0 spiro atoms. The van der Waals surface area contributed by atoms with Crippen LogP contribution in [0.3, 0.4) is 0 Å². The third-order valence-electron chi connectivity index (χ3n) is 3.79. The molecule has 126 valence electrons. The molecular formula is C17H21N5OS. The first kappa shape index (κ1) is 16.4. The number of fused-ring (bicyclic) bond motifs is 1. The van der Waals surface area contributed by atoms with E-state index in [0.29, 0.717) is 6.54 Å². The van der Waals surface area contributed by atoms with Crippen molar-refractivity contribution in [2.75, 3.05) is 0 Å². The predicted molar refractivity (Wildman–Crippen MR) is 95.0 cm³/mol. The summed E-state index contributed by atoms with van der Waals surface area (Å²) in [5, 5.41) is 14.4. The van der Waals surface area contributed by atoms with Gasteiger partial charge in [-0.1, -0.05) is 19.9 Å². The van der Waals surface area contributed by atoms with Crippen molar-refractivity contribution >= 4 is 23.0 Å².